The number of rotatable bonds is 3. The van der Waals surface area contributed by atoms with Crippen LogP contribution in [-0.4, -0.2) is 0 Å². The molecule has 2 rings (SSSR count). The lowest BCUT2D eigenvalue weighted by Crippen LogP contribution is -2.15. The lowest BCUT2D eigenvalue weighted by Gasteiger charge is -2.16. The molecule has 0 aliphatic heterocycles. The fraction of sp³-hybridized carbons (Fsp3) is 0.250. The number of hydrogen-bond donors (Lipinski definition) is 1. The van der Waals surface area contributed by atoms with Gasteiger partial charge in [0.25, 0.3) is 0 Å². The summed E-state index contributed by atoms with van der Waals surface area (Å²) in [5, 5.41) is 0.553. The van der Waals surface area contributed by atoms with E-state index in [1.165, 1.54) is 12.1 Å². The van der Waals surface area contributed by atoms with Gasteiger partial charge in [0.05, 0.1) is 0 Å². The average molecular weight is 296 g/mol. The van der Waals surface area contributed by atoms with E-state index in [-0.39, 0.29) is 12.0 Å². The van der Waals surface area contributed by atoms with Gasteiger partial charge in [-0.3, -0.25) is 0 Å². The van der Waals surface area contributed by atoms with Crippen molar-refractivity contribution in [3.8, 4) is 0 Å². The van der Waals surface area contributed by atoms with Crippen LogP contribution in [0.25, 0.3) is 0 Å². The Morgan fingerprint density at radius 3 is 2.50 bits per heavy atom. The topological polar surface area (TPSA) is 26.0 Å². The van der Waals surface area contributed by atoms with Crippen molar-refractivity contribution in [2.45, 2.75) is 26.3 Å². The number of benzene rings is 2. The highest BCUT2D eigenvalue weighted by atomic mass is 35.5. The molecule has 0 aliphatic carbocycles. The average Bonchev–Trinajstić information content (AvgIpc) is 2.39. The lowest BCUT2D eigenvalue weighted by molar-refractivity contribution is 0.494. The second-order valence-electron chi connectivity index (χ2n) is 4.98. The van der Waals surface area contributed by atoms with Crippen molar-refractivity contribution in [2.75, 3.05) is 0 Å². The van der Waals surface area contributed by atoms with Gasteiger partial charge >= 0.3 is 0 Å². The quantitative estimate of drug-likeness (QED) is 0.888. The summed E-state index contributed by atoms with van der Waals surface area (Å²) < 4.78 is 26.8. The van der Waals surface area contributed by atoms with Crippen LogP contribution in [0.5, 0.6) is 0 Å². The van der Waals surface area contributed by atoms with E-state index in [2.05, 4.69) is 0 Å². The molecule has 0 radical (unpaired) electrons. The Bertz CT molecular complexity index is 641. The van der Waals surface area contributed by atoms with Gasteiger partial charge in [0.15, 0.2) is 11.6 Å². The second-order valence-corrected chi connectivity index (χ2v) is 5.39. The highest BCUT2D eigenvalue weighted by Crippen LogP contribution is 2.28. The van der Waals surface area contributed by atoms with Gasteiger partial charge < -0.3 is 5.73 Å². The molecular weight excluding hydrogens is 280 g/mol. The molecule has 2 aromatic rings. The van der Waals surface area contributed by atoms with E-state index in [1.807, 2.05) is 26.0 Å². The molecule has 1 atom stereocenters. The first kappa shape index (κ1) is 14.9. The molecular formula is C16H16ClF2N. The van der Waals surface area contributed by atoms with E-state index in [9.17, 15) is 8.78 Å². The maximum Gasteiger partial charge on any atom is 0.162 e. The molecule has 20 heavy (non-hydrogen) atoms. The van der Waals surface area contributed by atoms with Crippen LogP contribution in [0.2, 0.25) is 5.02 Å². The molecule has 106 valence electrons. The third kappa shape index (κ3) is 3.00. The van der Waals surface area contributed by atoms with Crippen molar-refractivity contribution in [1.29, 1.82) is 0 Å². The van der Waals surface area contributed by atoms with Crippen LogP contribution in [0.3, 0.4) is 0 Å². The van der Waals surface area contributed by atoms with Crippen LogP contribution >= 0.6 is 11.6 Å². The minimum absolute atomic E-state index is 0.200. The van der Waals surface area contributed by atoms with Crippen molar-refractivity contribution in [3.05, 3.63) is 69.2 Å². The van der Waals surface area contributed by atoms with E-state index in [1.54, 1.807) is 0 Å². The molecule has 0 fully saturated rings. The highest BCUT2D eigenvalue weighted by molar-refractivity contribution is 6.31. The molecule has 0 saturated heterocycles. The Labute approximate surface area is 122 Å². The Kier molecular flexibility index (Phi) is 4.41. The minimum Gasteiger partial charge on any atom is -0.324 e. The first-order chi connectivity index (χ1) is 9.40. The predicted octanol–water partition coefficient (Wildman–Crippen LogP) is 4.48. The zero-order chi connectivity index (χ0) is 14.9. The van der Waals surface area contributed by atoms with E-state index < -0.39 is 17.7 Å². The van der Waals surface area contributed by atoms with Crippen LogP contribution in [-0.2, 0) is 6.42 Å². The SMILES string of the molecule is Cc1cc(Cl)c(C(N)Cc2cccc(F)c2F)cc1C. The van der Waals surface area contributed by atoms with Crippen molar-refractivity contribution in [3.63, 3.8) is 0 Å². The van der Waals surface area contributed by atoms with Crippen LogP contribution in [0.4, 0.5) is 8.78 Å². The minimum atomic E-state index is -0.860. The fourth-order valence-corrected chi connectivity index (χ4v) is 2.50. The highest BCUT2D eigenvalue weighted by Gasteiger charge is 2.16. The van der Waals surface area contributed by atoms with E-state index in [0.717, 1.165) is 22.8 Å². The molecule has 0 bridgehead atoms. The number of nitrogens with two attached hydrogens (primary N) is 1. The van der Waals surface area contributed by atoms with Crippen molar-refractivity contribution < 1.29 is 8.78 Å². The molecule has 1 unspecified atom stereocenters. The van der Waals surface area contributed by atoms with Crippen LogP contribution in [0.1, 0.15) is 28.3 Å². The third-order valence-electron chi connectivity index (χ3n) is 3.48. The Morgan fingerprint density at radius 2 is 1.80 bits per heavy atom. The molecule has 0 heterocycles. The lowest BCUT2D eigenvalue weighted by atomic mass is 9.96. The zero-order valence-electron chi connectivity index (χ0n) is 11.4. The summed E-state index contributed by atoms with van der Waals surface area (Å²) in [5.41, 5.74) is 9.24. The van der Waals surface area contributed by atoms with Gasteiger partial charge in [0.2, 0.25) is 0 Å². The molecule has 4 heteroatoms. The smallest absolute Gasteiger partial charge is 0.162 e. The summed E-state index contributed by atoms with van der Waals surface area (Å²) in [6.07, 6.45) is 0.200. The van der Waals surface area contributed by atoms with Crippen LogP contribution < -0.4 is 5.73 Å². The molecule has 2 N–H and O–H groups in total. The predicted molar refractivity (Wildman–Crippen MR) is 77.9 cm³/mol. The van der Waals surface area contributed by atoms with Crippen LogP contribution in [0.15, 0.2) is 30.3 Å². The Morgan fingerprint density at radius 1 is 1.15 bits per heavy atom. The standard InChI is InChI=1S/C16H16ClF2N/c1-9-6-12(13(17)7-10(9)2)15(20)8-11-4-3-5-14(18)16(11)19/h3-7,15H,8,20H2,1-2H3. The van der Waals surface area contributed by atoms with Gasteiger partial charge in [-0.05, 0) is 54.7 Å². The Hall–Kier alpha value is -1.45. The van der Waals surface area contributed by atoms with E-state index in [0.29, 0.717) is 5.02 Å². The van der Waals surface area contributed by atoms with Gasteiger partial charge in [-0.15, -0.1) is 0 Å². The maximum atomic E-state index is 13.7. The van der Waals surface area contributed by atoms with E-state index >= 15 is 0 Å². The summed E-state index contributed by atoms with van der Waals surface area (Å²) in [5.74, 6) is -1.70. The number of aryl methyl sites for hydroxylation is 2. The summed E-state index contributed by atoms with van der Waals surface area (Å²) in [4.78, 5) is 0. The first-order valence-electron chi connectivity index (χ1n) is 6.35. The summed E-state index contributed by atoms with van der Waals surface area (Å²) in [7, 11) is 0. The molecule has 0 amide bonds. The molecule has 0 spiro atoms. The van der Waals surface area contributed by atoms with Crippen LogP contribution in [0, 0.1) is 25.5 Å². The van der Waals surface area contributed by atoms with Gasteiger partial charge in [-0.25, -0.2) is 8.78 Å². The number of hydrogen-bond acceptors (Lipinski definition) is 1. The van der Waals surface area contributed by atoms with Crippen molar-refractivity contribution >= 4 is 11.6 Å². The zero-order valence-corrected chi connectivity index (χ0v) is 12.1. The number of halogens is 3. The largest absolute Gasteiger partial charge is 0.324 e. The van der Waals surface area contributed by atoms with Gasteiger partial charge in [-0.1, -0.05) is 29.8 Å². The Balaban J connectivity index is 2.31. The molecule has 1 nitrogen and oxygen atoms in total. The normalized spacial score (nSPS) is 12.5. The van der Waals surface area contributed by atoms with Gasteiger partial charge in [-0.2, -0.15) is 0 Å². The summed E-state index contributed by atoms with van der Waals surface area (Å²) in [6, 6.07) is 7.37. The molecule has 0 aromatic heterocycles. The molecule has 0 aliphatic rings. The van der Waals surface area contributed by atoms with E-state index in [4.69, 9.17) is 17.3 Å². The maximum absolute atomic E-state index is 13.7. The van der Waals surface area contributed by atoms with Crippen molar-refractivity contribution in [1.82, 2.24) is 0 Å². The summed E-state index contributed by atoms with van der Waals surface area (Å²) >= 11 is 6.19. The second kappa shape index (κ2) is 5.90. The molecule has 0 saturated carbocycles. The fourth-order valence-electron chi connectivity index (χ4n) is 2.14. The summed E-state index contributed by atoms with van der Waals surface area (Å²) in [6.45, 7) is 3.92. The first-order valence-corrected chi connectivity index (χ1v) is 6.73. The van der Waals surface area contributed by atoms with Gasteiger partial charge in [0.1, 0.15) is 0 Å². The van der Waals surface area contributed by atoms with Gasteiger partial charge in [0, 0.05) is 11.1 Å². The molecule has 2 aromatic carbocycles. The third-order valence-corrected chi connectivity index (χ3v) is 3.81. The monoisotopic (exact) mass is 295 g/mol. The van der Waals surface area contributed by atoms with Crippen molar-refractivity contribution in [2.24, 2.45) is 5.73 Å².